The molecule has 0 fully saturated rings. The first-order chi connectivity index (χ1) is 11.5. The smallest absolute Gasteiger partial charge is 0.178 e. The van der Waals surface area contributed by atoms with Gasteiger partial charge in [-0.25, -0.2) is 8.78 Å². The third kappa shape index (κ3) is 4.52. The molecule has 0 aliphatic carbocycles. The molecule has 0 unspecified atom stereocenters. The Kier molecular flexibility index (Phi) is 5.84. The van der Waals surface area contributed by atoms with Crippen LogP contribution in [0, 0.1) is 11.6 Å². The SMILES string of the molecule is COc1ccc(/C=C/C(=O)/C=C/c2cc(OC)ccc2F)c(F)c1. The van der Waals surface area contributed by atoms with Gasteiger partial charge in [-0.1, -0.05) is 0 Å². The van der Waals surface area contributed by atoms with Crippen LogP contribution in [0.4, 0.5) is 8.78 Å². The number of ether oxygens (including phenoxy) is 2. The summed E-state index contributed by atoms with van der Waals surface area (Å²) in [4.78, 5) is 11.8. The molecular weight excluding hydrogens is 314 g/mol. The number of rotatable bonds is 6. The summed E-state index contributed by atoms with van der Waals surface area (Å²) in [6.45, 7) is 0. The molecule has 0 heterocycles. The topological polar surface area (TPSA) is 35.5 Å². The summed E-state index contributed by atoms with van der Waals surface area (Å²) in [7, 11) is 2.91. The normalized spacial score (nSPS) is 11.2. The fraction of sp³-hybridized carbons (Fsp3) is 0.105. The Morgan fingerprint density at radius 1 is 0.833 bits per heavy atom. The predicted molar refractivity (Wildman–Crippen MR) is 89.0 cm³/mol. The molecule has 0 spiro atoms. The summed E-state index contributed by atoms with van der Waals surface area (Å²) < 4.78 is 37.3. The van der Waals surface area contributed by atoms with E-state index in [4.69, 9.17) is 9.47 Å². The lowest BCUT2D eigenvalue weighted by Gasteiger charge is -2.02. The molecule has 0 bridgehead atoms. The summed E-state index contributed by atoms with van der Waals surface area (Å²) in [5.41, 5.74) is 0.483. The van der Waals surface area contributed by atoms with Crippen molar-refractivity contribution in [2.24, 2.45) is 0 Å². The van der Waals surface area contributed by atoms with E-state index in [0.717, 1.165) is 0 Å². The van der Waals surface area contributed by atoms with Gasteiger partial charge in [-0.15, -0.1) is 0 Å². The van der Waals surface area contributed by atoms with Gasteiger partial charge in [0.15, 0.2) is 5.78 Å². The lowest BCUT2D eigenvalue weighted by atomic mass is 10.1. The van der Waals surface area contributed by atoms with E-state index in [1.54, 1.807) is 6.07 Å². The quantitative estimate of drug-likeness (QED) is 0.742. The van der Waals surface area contributed by atoms with Gasteiger partial charge in [-0.05, 0) is 54.6 Å². The fourth-order valence-electron chi connectivity index (χ4n) is 1.95. The van der Waals surface area contributed by atoms with Gasteiger partial charge in [0.25, 0.3) is 0 Å². The second kappa shape index (κ2) is 8.06. The number of ketones is 1. The molecule has 5 heteroatoms. The zero-order valence-electron chi connectivity index (χ0n) is 13.3. The second-order valence-electron chi connectivity index (χ2n) is 4.84. The van der Waals surface area contributed by atoms with E-state index in [-0.39, 0.29) is 11.1 Å². The van der Waals surface area contributed by atoms with Crippen LogP contribution in [0.25, 0.3) is 12.2 Å². The van der Waals surface area contributed by atoms with E-state index < -0.39 is 17.4 Å². The molecule has 124 valence electrons. The van der Waals surface area contributed by atoms with Crippen LogP contribution >= 0.6 is 0 Å². The van der Waals surface area contributed by atoms with Crippen molar-refractivity contribution >= 4 is 17.9 Å². The predicted octanol–water partition coefficient (Wildman–Crippen LogP) is 4.28. The maximum Gasteiger partial charge on any atom is 0.178 e. The lowest BCUT2D eigenvalue weighted by Crippen LogP contribution is -1.90. The molecule has 3 nitrogen and oxygen atoms in total. The third-order valence-corrected chi connectivity index (χ3v) is 3.27. The molecule has 0 N–H and O–H groups in total. The van der Waals surface area contributed by atoms with Crippen molar-refractivity contribution in [3.05, 3.63) is 71.3 Å². The lowest BCUT2D eigenvalue weighted by molar-refractivity contribution is -0.110. The number of hydrogen-bond donors (Lipinski definition) is 0. The average molecular weight is 330 g/mol. The maximum absolute atomic E-state index is 13.8. The summed E-state index contributed by atoms with van der Waals surface area (Å²) >= 11 is 0. The van der Waals surface area contributed by atoms with E-state index in [0.29, 0.717) is 11.5 Å². The highest BCUT2D eigenvalue weighted by Crippen LogP contribution is 2.19. The molecule has 24 heavy (non-hydrogen) atoms. The van der Waals surface area contributed by atoms with Crippen molar-refractivity contribution in [1.82, 2.24) is 0 Å². The number of allylic oxidation sites excluding steroid dienone is 2. The van der Waals surface area contributed by atoms with E-state index in [1.807, 2.05) is 0 Å². The number of hydrogen-bond acceptors (Lipinski definition) is 3. The molecule has 0 atom stereocenters. The third-order valence-electron chi connectivity index (χ3n) is 3.27. The Labute approximate surface area is 138 Å². The number of carbonyl (C=O) groups is 1. The molecule has 2 aromatic carbocycles. The van der Waals surface area contributed by atoms with Gasteiger partial charge in [0, 0.05) is 17.2 Å². The molecule has 0 amide bonds. The van der Waals surface area contributed by atoms with Gasteiger partial charge in [-0.2, -0.15) is 0 Å². The van der Waals surface area contributed by atoms with Crippen molar-refractivity contribution in [2.75, 3.05) is 14.2 Å². The van der Waals surface area contributed by atoms with Crippen LogP contribution in [0.15, 0.2) is 48.6 Å². The van der Waals surface area contributed by atoms with Crippen LogP contribution < -0.4 is 9.47 Å². The Hall–Kier alpha value is -2.95. The fourth-order valence-corrected chi connectivity index (χ4v) is 1.95. The minimum atomic E-state index is -0.499. The summed E-state index contributed by atoms with van der Waals surface area (Å²) in [5.74, 6) is -0.484. The van der Waals surface area contributed by atoms with Crippen LogP contribution in [0.2, 0.25) is 0 Å². The molecule has 0 aliphatic rings. The minimum Gasteiger partial charge on any atom is -0.497 e. The second-order valence-corrected chi connectivity index (χ2v) is 4.84. The van der Waals surface area contributed by atoms with Crippen molar-refractivity contribution in [3.63, 3.8) is 0 Å². The van der Waals surface area contributed by atoms with Gasteiger partial charge in [0.1, 0.15) is 23.1 Å². The van der Waals surface area contributed by atoms with Gasteiger partial charge in [0.2, 0.25) is 0 Å². The number of methoxy groups -OCH3 is 2. The molecule has 0 aliphatic heterocycles. The van der Waals surface area contributed by atoms with Gasteiger partial charge >= 0.3 is 0 Å². The summed E-state index contributed by atoms with van der Waals surface area (Å²) in [6.07, 6.45) is 5.10. The van der Waals surface area contributed by atoms with Crippen LogP contribution in [0.5, 0.6) is 11.5 Å². The summed E-state index contributed by atoms with van der Waals surface area (Å²) in [5, 5.41) is 0. The van der Waals surface area contributed by atoms with Crippen molar-refractivity contribution in [1.29, 1.82) is 0 Å². The van der Waals surface area contributed by atoms with E-state index >= 15 is 0 Å². The van der Waals surface area contributed by atoms with E-state index in [9.17, 15) is 13.6 Å². The zero-order chi connectivity index (χ0) is 17.5. The highest BCUT2D eigenvalue weighted by atomic mass is 19.1. The Morgan fingerprint density at radius 2 is 1.42 bits per heavy atom. The first-order valence-corrected chi connectivity index (χ1v) is 7.10. The van der Waals surface area contributed by atoms with Crippen molar-refractivity contribution < 1.29 is 23.0 Å². The van der Waals surface area contributed by atoms with Crippen LogP contribution in [0.3, 0.4) is 0 Å². The van der Waals surface area contributed by atoms with E-state index in [1.165, 1.54) is 68.9 Å². The number of carbonyl (C=O) groups excluding carboxylic acids is 1. The highest BCUT2D eigenvalue weighted by Gasteiger charge is 2.03. The standard InChI is InChI=1S/C19H16F2O3/c1-23-16-9-10-18(20)14(11-16)4-7-15(22)6-3-13-5-8-17(24-2)12-19(13)21/h3-12H,1-2H3/b6-3+,7-4+. The molecule has 2 aromatic rings. The first-order valence-electron chi connectivity index (χ1n) is 7.10. The van der Waals surface area contributed by atoms with Crippen LogP contribution in [0.1, 0.15) is 11.1 Å². The number of benzene rings is 2. The first kappa shape index (κ1) is 17.4. The minimum absolute atomic E-state index is 0.228. The molecule has 0 aromatic heterocycles. The highest BCUT2D eigenvalue weighted by molar-refractivity contribution is 6.04. The molecule has 0 radical (unpaired) electrons. The Balaban J connectivity index is 2.10. The Morgan fingerprint density at radius 3 is 2.04 bits per heavy atom. The number of halogens is 2. The van der Waals surface area contributed by atoms with E-state index in [2.05, 4.69) is 0 Å². The monoisotopic (exact) mass is 330 g/mol. The summed E-state index contributed by atoms with van der Waals surface area (Å²) in [6, 6.07) is 8.54. The van der Waals surface area contributed by atoms with Gasteiger partial charge in [-0.3, -0.25) is 4.79 Å². The van der Waals surface area contributed by atoms with Gasteiger partial charge < -0.3 is 9.47 Å². The molecule has 0 saturated carbocycles. The molecule has 2 rings (SSSR count). The van der Waals surface area contributed by atoms with Crippen molar-refractivity contribution in [2.45, 2.75) is 0 Å². The van der Waals surface area contributed by atoms with Crippen molar-refractivity contribution in [3.8, 4) is 11.5 Å². The molecular formula is C19H16F2O3. The zero-order valence-corrected chi connectivity index (χ0v) is 13.3. The van der Waals surface area contributed by atoms with Crippen LogP contribution in [-0.4, -0.2) is 20.0 Å². The largest absolute Gasteiger partial charge is 0.497 e. The molecule has 0 saturated heterocycles. The Bertz CT molecular complexity index is 795. The average Bonchev–Trinajstić information content (AvgIpc) is 2.59. The van der Waals surface area contributed by atoms with Crippen LogP contribution in [-0.2, 0) is 4.79 Å². The van der Waals surface area contributed by atoms with Gasteiger partial charge in [0.05, 0.1) is 14.2 Å². The maximum atomic E-state index is 13.8.